The summed E-state index contributed by atoms with van der Waals surface area (Å²) in [6, 6.07) is 10.9. The van der Waals surface area contributed by atoms with Gasteiger partial charge in [0.1, 0.15) is 0 Å². The van der Waals surface area contributed by atoms with Crippen molar-refractivity contribution >= 4 is 16.8 Å². The average molecular weight is 403 g/mol. The number of carbonyl (C=O) groups is 1. The summed E-state index contributed by atoms with van der Waals surface area (Å²) in [5, 5.41) is 4.10. The summed E-state index contributed by atoms with van der Waals surface area (Å²) in [6.07, 6.45) is -0.304. The molecule has 29 heavy (non-hydrogen) atoms. The lowest BCUT2D eigenvalue weighted by Gasteiger charge is -2.15. The Morgan fingerprint density at radius 2 is 2.14 bits per heavy atom. The van der Waals surface area contributed by atoms with Gasteiger partial charge in [-0.15, -0.1) is 0 Å². The average Bonchev–Trinajstić information content (AvgIpc) is 3.36. The molecular formula is C21H20F3N3O2. The molecule has 5 nitrogen and oxygen atoms in total. The molecule has 1 fully saturated rings. The zero-order valence-corrected chi connectivity index (χ0v) is 15.7. The number of hydrogen-bond donors (Lipinski definition) is 2. The van der Waals surface area contributed by atoms with Gasteiger partial charge in [0, 0.05) is 29.9 Å². The molecule has 0 radical (unpaired) electrons. The lowest BCUT2D eigenvalue weighted by Crippen LogP contribution is -2.28. The Kier molecular flexibility index (Phi) is 4.94. The molecular weight excluding hydrogens is 383 g/mol. The maximum Gasteiger partial charge on any atom is 0.422 e. The van der Waals surface area contributed by atoms with E-state index in [-0.39, 0.29) is 29.7 Å². The van der Waals surface area contributed by atoms with Crippen molar-refractivity contribution in [3.05, 3.63) is 59.9 Å². The minimum absolute atomic E-state index is 0.0357. The first-order valence-corrected chi connectivity index (χ1v) is 9.33. The third kappa shape index (κ3) is 4.52. The molecule has 4 rings (SSSR count). The lowest BCUT2D eigenvalue weighted by molar-refractivity contribution is -0.154. The SMILES string of the molecule is C[C@@H](NC(=O)C1CC1c1ccc2cc[nH]c2c1)c1ccc(OCC(F)(F)F)nc1. The summed E-state index contributed by atoms with van der Waals surface area (Å²) in [4.78, 5) is 19.6. The van der Waals surface area contributed by atoms with Crippen molar-refractivity contribution < 1.29 is 22.7 Å². The topological polar surface area (TPSA) is 67.0 Å². The fourth-order valence-corrected chi connectivity index (χ4v) is 3.44. The van der Waals surface area contributed by atoms with E-state index >= 15 is 0 Å². The molecule has 3 aromatic rings. The molecule has 2 aromatic heterocycles. The number of H-pyrrole nitrogens is 1. The Bertz CT molecular complexity index is 1010. The molecule has 0 saturated heterocycles. The molecule has 1 aliphatic rings. The summed E-state index contributed by atoms with van der Waals surface area (Å²) in [7, 11) is 0. The number of carbonyl (C=O) groups excluding carboxylic acids is 1. The van der Waals surface area contributed by atoms with Gasteiger partial charge in [-0.1, -0.05) is 18.2 Å². The molecule has 0 aliphatic heterocycles. The smallest absolute Gasteiger partial charge is 0.422 e. The molecule has 2 heterocycles. The number of fused-ring (bicyclic) bond motifs is 1. The molecule has 2 unspecified atom stereocenters. The monoisotopic (exact) mass is 403 g/mol. The van der Waals surface area contributed by atoms with Gasteiger partial charge in [0.25, 0.3) is 0 Å². The molecule has 1 aliphatic carbocycles. The summed E-state index contributed by atoms with van der Waals surface area (Å²) in [6.45, 7) is 0.427. The van der Waals surface area contributed by atoms with Gasteiger partial charge >= 0.3 is 6.18 Å². The highest BCUT2D eigenvalue weighted by Crippen LogP contribution is 2.48. The van der Waals surface area contributed by atoms with E-state index in [1.54, 1.807) is 6.07 Å². The minimum Gasteiger partial charge on any atom is -0.468 e. The number of benzene rings is 1. The molecule has 1 aromatic carbocycles. The summed E-state index contributed by atoms with van der Waals surface area (Å²) >= 11 is 0. The van der Waals surface area contributed by atoms with Crippen molar-refractivity contribution in [1.29, 1.82) is 0 Å². The number of aromatic nitrogens is 2. The van der Waals surface area contributed by atoms with Crippen LogP contribution in [0.2, 0.25) is 0 Å². The van der Waals surface area contributed by atoms with Crippen LogP contribution >= 0.6 is 0 Å². The predicted molar refractivity (Wildman–Crippen MR) is 101 cm³/mol. The number of amides is 1. The van der Waals surface area contributed by atoms with E-state index in [0.29, 0.717) is 5.56 Å². The molecule has 152 valence electrons. The van der Waals surface area contributed by atoms with Crippen molar-refractivity contribution in [3.8, 4) is 5.88 Å². The van der Waals surface area contributed by atoms with Crippen LogP contribution in [0.5, 0.6) is 5.88 Å². The van der Waals surface area contributed by atoms with E-state index in [4.69, 9.17) is 0 Å². The van der Waals surface area contributed by atoms with E-state index in [9.17, 15) is 18.0 Å². The number of pyridine rings is 1. The molecule has 3 atom stereocenters. The second-order valence-corrected chi connectivity index (χ2v) is 7.34. The molecule has 0 spiro atoms. The number of rotatable bonds is 6. The summed E-state index contributed by atoms with van der Waals surface area (Å²) < 4.78 is 41.2. The predicted octanol–water partition coefficient (Wildman–Crippen LogP) is 4.48. The fraction of sp³-hybridized carbons (Fsp3) is 0.333. The molecule has 8 heteroatoms. The number of hydrogen-bond acceptors (Lipinski definition) is 3. The van der Waals surface area contributed by atoms with E-state index < -0.39 is 12.8 Å². The second-order valence-electron chi connectivity index (χ2n) is 7.34. The zero-order valence-electron chi connectivity index (χ0n) is 15.7. The number of halogens is 3. The van der Waals surface area contributed by atoms with Gasteiger partial charge in [0.2, 0.25) is 11.8 Å². The van der Waals surface area contributed by atoms with Gasteiger partial charge in [-0.25, -0.2) is 4.98 Å². The summed E-state index contributed by atoms with van der Waals surface area (Å²) in [5.41, 5.74) is 2.89. The number of nitrogens with zero attached hydrogens (tertiary/aromatic N) is 1. The van der Waals surface area contributed by atoms with Crippen molar-refractivity contribution in [1.82, 2.24) is 15.3 Å². The van der Waals surface area contributed by atoms with E-state index in [0.717, 1.165) is 22.9 Å². The highest BCUT2D eigenvalue weighted by molar-refractivity contribution is 5.84. The van der Waals surface area contributed by atoms with Crippen LogP contribution < -0.4 is 10.1 Å². The van der Waals surface area contributed by atoms with E-state index in [1.807, 2.05) is 25.3 Å². The normalized spacial score (nSPS) is 19.7. The maximum absolute atomic E-state index is 12.6. The highest BCUT2D eigenvalue weighted by atomic mass is 19.4. The molecule has 2 N–H and O–H groups in total. The van der Waals surface area contributed by atoms with Gasteiger partial charge < -0.3 is 15.0 Å². The van der Waals surface area contributed by atoms with Crippen LogP contribution in [-0.2, 0) is 4.79 Å². The Morgan fingerprint density at radius 3 is 2.86 bits per heavy atom. The van der Waals surface area contributed by atoms with Crippen LogP contribution in [0.4, 0.5) is 13.2 Å². The van der Waals surface area contributed by atoms with Gasteiger partial charge in [-0.05, 0) is 47.9 Å². The van der Waals surface area contributed by atoms with Gasteiger partial charge in [-0.3, -0.25) is 4.79 Å². The molecule has 1 saturated carbocycles. The van der Waals surface area contributed by atoms with Crippen molar-refractivity contribution in [2.24, 2.45) is 5.92 Å². The highest BCUT2D eigenvalue weighted by Gasteiger charge is 2.44. The Hall–Kier alpha value is -3.03. The van der Waals surface area contributed by atoms with Gasteiger partial charge in [0.05, 0.1) is 6.04 Å². The number of alkyl halides is 3. The van der Waals surface area contributed by atoms with Crippen LogP contribution in [0.25, 0.3) is 10.9 Å². The fourth-order valence-electron chi connectivity index (χ4n) is 3.44. The maximum atomic E-state index is 12.6. The Balaban J connectivity index is 1.32. The van der Waals surface area contributed by atoms with Crippen LogP contribution in [0.15, 0.2) is 48.8 Å². The number of ether oxygens (including phenoxy) is 1. The molecule has 0 bridgehead atoms. The minimum atomic E-state index is -4.41. The number of aromatic amines is 1. The first-order valence-electron chi connectivity index (χ1n) is 9.33. The first-order chi connectivity index (χ1) is 13.8. The van der Waals surface area contributed by atoms with E-state index in [2.05, 4.69) is 32.2 Å². The van der Waals surface area contributed by atoms with Crippen LogP contribution in [0.1, 0.15) is 36.4 Å². The first kappa shape index (κ1) is 19.3. The third-order valence-corrected chi connectivity index (χ3v) is 5.14. The lowest BCUT2D eigenvalue weighted by atomic mass is 10.1. The molecule has 1 amide bonds. The van der Waals surface area contributed by atoms with Crippen LogP contribution in [0.3, 0.4) is 0 Å². The quantitative estimate of drug-likeness (QED) is 0.638. The number of nitrogens with one attached hydrogen (secondary N) is 2. The van der Waals surface area contributed by atoms with E-state index in [1.165, 1.54) is 12.3 Å². The Morgan fingerprint density at radius 1 is 1.31 bits per heavy atom. The summed E-state index contributed by atoms with van der Waals surface area (Å²) in [5.74, 6) is -0.0172. The van der Waals surface area contributed by atoms with Gasteiger partial charge in [0.15, 0.2) is 6.61 Å². The zero-order chi connectivity index (χ0) is 20.6. The van der Waals surface area contributed by atoms with Crippen molar-refractivity contribution in [2.75, 3.05) is 6.61 Å². The third-order valence-electron chi connectivity index (χ3n) is 5.14. The van der Waals surface area contributed by atoms with Crippen LogP contribution in [0, 0.1) is 5.92 Å². The Labute approximate surface area is 165 Å². The van der Waals surface area contributed by atoms with Crippen molar-refractivity contribution in [2.45, 2.75) is 31.5 Å². The van der Waals surface area contributed by atoms with Crippen molar-refractivity contribution in [3.63, 3.8) is 0 Å². The largest absolute Gasteiger partial charge is 0.468 e. The standard InChI is InChI=1S/C21H20F3N3O2/c1-12(15-4-5-19(26-10-15)29-11-21(22,23)24)27-20(28)17-9-16(17)14-3-2-13-6-7-25-18(13)8-14/h2-8,10,12,16-17,25H,9,11H2,1H3,(H,27,28)/t12-,16?,17?/m1/s1. The van der Waals surface area contributed by atoms with Gasteiger partial charge in [-0.2, -0.15) is 13.2 Å². The second kappa shape index (κ2) is 7.42. The van der Waals surface area contributed by atoms with Crippen LogP contribution in [-0.4, -0.2) is 28.7 Å².